The van der Waals surface area contributed by atoms with Crippen molar-refractivity contribution in [3.05, 3.63) is 303 Å². The smallest absolute Gasteiger partial charge is 0.160 e. The molecule has 0 aliphatic rings. The van der Waals surface area contributed by atoms with Crippen molar-refractivity contribution >= 4 is 99.8 Å². The Morgan fingerprint density at radius 2 is 0.667 bits per heavy atom. The highest BCUT2D eigenvalue weighted by atomic mass is 16.3. The van der Waals surface area contributed by atoms with E-state index in [4.69, 9.17) is 28.8 Å². The summed E-state index contributed by atoms with van der Waals surface area (Å²) in [6.07, 6.45) is 0. The van der Waals surface area contributed by atoms with Gasteiger partial charge in [-0.2, -0.15) is 0 Å². The lowest BCUT2D eigenvalue weighted by atomic mass is 10.0. The molecular formula is C76H50N6O2. The summed E-state index contributed by atoms with van der Waals surface area (Å²) in [6.45, 7) is 0. The second-order valence-corrected chi connectivity index (χ2v) is 20.5. The summed E-state index contributed by atoms with van der Waals surface area (Å²) in [5, 5.41) is 6.13. The van der Waals surface area contributed by atoms with Crippen LogP contribution in [-0.4, -0.2) is 19.9 Å². The minimum Gasteiger partial charge on any atom is -0.456 e. The van der Waals surface area contributed by atoms with E-state index < -0.39 is 0 Å². The lowest BCUT2D eigenvalue weighted by Gasteiger charge is -2.25. The van der Waals surface area contributed by atoms with Crippen molar-refractivity contribution in [2.45, 2.75) is 0 Å². The van der Waals surface area contributed by atoms with Gasteiger partial charge in [-0.3, -0.25) is 0 Å². The molecule has 0 unspecified atom stereocenters. The predicted molar refractivity (Wildman–Crippen MR) is 345 cm³/mol. The van der Waals surface area contributed by atoms with E-state index in [1.54, 1.807) is 0 Å². The maximum absolute atomic E-state index is 6.44. The molecule has 0 aliphatic heterocycles. The zero-order chi connectivity index (χ0) is 55.8. The zero-order valence-electron chi connectivity index (χ0n) is 45.4. The molecule has 12 aromatic carbocycles. The van der Waals surface area contributed by atoms with Gasteiger partial charge in [0.25, 0.3) is 0 Å². The molecule has 16 aromatic rings. The first-order valence-electron chi connectivity index (χ1n) is 28.0. The van der Waals surface area contributed by atoms with Crippen molar-refractivity contribution < 1.29 is 8.83 Å². The Balaban J connectivity index is 0.000000143. The molecule has 4 aromatic heterocycles. The molecule has 0 saturated heterocycles. The molecule has 0 saturated carbocycles. The maximum Gasteiger partial charge on any atom is 0.160 e. The van der Waals surface area contributed by atoms with Crippen LogP contribution in [0.2, 0.25) is 0 Å². The quantitative estimate of drug-likeness (QED) is 0.134. The predicted octanol–water partition coefficient (Wildman–Crippen LogP) is 20.7. The van der Waals surface area contributed by atoms with Crippen LogP contribution in [0.1, 0.15) is 0 Å². The van der Waals surface area contributed by atoms with Crippen LogP contribution < -0.4 is 9.80 Å². The number of hydrogen-bond donors (Lipinski definition) is 0. The molecule has 0 atom stereocenters. The van der Waals surface area contributed by atoms with Crippen LogP contribution in [0.4, 0.5) is 34.1 Å². The number of hydrogen-bond acceptors (Lipinski definition) is 8. The van der Waals surface area contributed by atoms with Crippen LogP contribution >= 0.6 is 0 Å². The van der Waals surface area contributed by atoms with Gasteiger partial charge in [0, 0.05) is 77.9 Å². The number of nitrogens with zero attached hydrogens (tertiary/aromatic N) is 6. The van der Waals surface area contributed by atoms with E-state index in [-0.39, 0.29) is 0 Å². The second-order valence-electron chi connectivity index (χ2n) is 20.5. The molecule has 8 nitrogen and oxygen atoms in total. The van der Waals surface area contributed by atoms with Gasteiger partial charge < -0.3 is 18.6 Å². The number of rotatable bonds is 10. The fourth-order valence-corrected chi connectivity index (χ4v) is 11.5. The zero-order valence-corrected chi connectivity index (χ0v) is 45.4. The van der Waals surface area contributed by atoms with E-state index in [1.165, 1.54) is 0 Å². The molecule has 0 N–H and O–H groups in total. The average molecular weight is 1080 g/mol. The molecule has 0 radical (unpaired) electrons. The van der Waals surface area contributed by atoms with Crippen molar-refractivity contribution in [2.75, 3.05) is 9.80 Å². The molecule has 84 heavy (non-hydrogen) atoms. The summed E-state index contributed by atoms with van der Waals surface area (Å²) in [5.74, 6) is 1.33. The molecule has 0 fully saturated rings. The standard InChI is InChI=1S/2C38H25N3O/c1-4-13-26(14-5-1)36-32-23-24-34-35(31-21-10-11-22-33(31)42-34)37(32)40-38(39-36)27-15-12-20-30(25-27)41(28-16-6-2-7-17-28)29-18-8-3-9-19-29;1-4-13-26(14-5-1)36-35-33(24-23-32-31-21-10-11-22-34(31)42-37(32)35)39-38(40-36)27-15-12-20-30(25-27)41(28-16-6-2-7-17-28)29-18-8-3-9-19-29/h2*1-25H. The third-order valence-corrected chi connectivity index (χ3v) is 15.3. The lowest BCUT2D eigenvalue weighted by molar-refractivity contribution is 0.669. The molecule has 0 aliphatic carbocycles. The summed E-state index contributed by atoms with van der Waals surface area (Å²) < 4.78 is 12.7. The number of anilines is 6. The van der Waals surface area contributed by atoms with Gasteiger partial charge >= 0.3 is 0 Å². The van der Waals surface area contributed by atoms with Crippen molar-refractivity contribution in [2.24, 2.45) is 0 Å². The molecule has 4 heterocycles. The van der Waals surface area contributed by atoms with Gasteiger partial charge in [-0.05, 0) is 109 Å². The van der Waals surface area contributed by atoms with E-state index in [9.17, 15) is 0 Å². The summed E-state index contributed by atoms with van der Waals surface area (Å²) in [6, 6.07) is 104. The Labute approximate surface area is 484 Å². The summed E-state index contributed by atoms with van der Waals surface area (Å²) in [7, 11) is 0. The van der Waals surface area contributed by atoms with Crippen LogP contribution in [0.5, 0.6) is 0 Å². The Morgan fingerprint density at radius 3 is 1.21 bits per heavy atom. The van der Waals surface area contributed by atoms with E-state index in [2.05, 4.69) is 210 Å². The molecule has 16 rings (SSSR count). The van der Waals surface area contributed by atoms with Gasteiger partial charge in [0.05, 0.1) is 33.2 Å². The number of furan rings is 2. The highest BCUT2D eigenvalue weighted by molar-refractivity contribution is 6.20. The Kier molecular flexibility index (Phi) is 12.7. The van der Waals surface area contributed by atoms with Gasteiger partial charge in [-0.1, -0.05) is 194 Å². The highest BCUT2D eigenvalue weighted by Gasteiger charge is 2.22. The number of fused-ring (bicyclic) bond motifs is 10. The Morgan fingerprint density at radius 1 is 0.250 bits per heavy atom. The molecule has 0 bridgehead atoms. The van der Waals surface area contributed by atoms with Crippen molar-refractivity contribution in [1.82, 2.24) is 19.9 Å². The van der Waals surface area contributed by atoms with Crippen molar-refractivity contribution in [3.8, 4) is 45.3 Å². The van der Waals surface area contributed by atoms with E-state index in [1.807, 2.05) is 103 Å². The van der Waals surface area contributed by atoms with Gasteiger partial charge in [-0.25, -0.2) is 19.9 Å². The lowest BCUT2D eigenvalue weighted by Crippen LogP contribution is -2.09. The Hall–Kier alpha value is -11.5. The highest BCUT2D eigenvalue weighted by Crippen LogP contribution is 2.43. The second kappa shape index (κ2) is 21.5. The van der Waals surface area contributed by atoms with Crippen LogP contribution in [-0.2, 0) is 0 Å². The fourth-order valence-electron chi connectivity index (χ4n) is 11.5. The molecule has 396 valence electrons. The van der Waals surface area contributed by atoms with Gasteiger partial charge in [-0.15, -0.1) is 0 Å². The molecule has 0 amide bonds. The van der Waals surface area contributed by atoms with E-state index >= 15 is 0 Å². The summed E-state index contributed by atoms with van der Waals surface area (Å²) in [5.41, 5.74) is 17.2. The fraction of sp³-hybridized carbons (Fsp3) is 0. The first-order chi connectivity index (χ1) is 41.7. The van der Waals surface area contributed by atoms with Gasteiger partial charge in [0.15, 0.2) is 11.6 Å². The maximum atomic E-state index is 6.44. The summed E-state index contributed by atoms with van der Waals surface area (Å²) >= 11 is 0. The first kappa shape index (κ1) is 49.6. The SMILES string of the molecule is c1ccc(-c2nc(-c3cccc(N(c4ccccc4)c4ccccc4)c3)nc3c2ccc2oc4ccccc4c23)cc1.c1ccc(-c2nc(-c3cccc(N(c4ccccc4)c4ccccc4)c3)nc3ccc4c5ccccc5oc4c23)cc1. The third kappa shape index (κ3) is 9.20. The largest absolute Gasteiger partial charge is 0.456 e. The van der Waals surface area contributed by atoms with Crippen LogP contribution in [0.3, 0.4) is 0 Å². The van der Waals surface area contributed by atoms with E-state index in [0.29, 0.717) is 11.6 Å². The Bertz CT molecular complexity index is 4940. The molecule has 8 heteroatoms. The van der Waals surface area contributed by atoms with Gasteiger partial charge in [0.2, 0.25) is 0 Å². The summed E-state index contributed by atoms with van der Waals surface area (Å²) in [4.78, 5) is 25.3. The topological polar surface area (TPSA) is 84.3 Å². The van der Waals surface area contributed by atoms with E-state index in [0.717, 1.165) is 133 Å². The van der Waals surface area contributed by atoms with Crippen molar-refractivity contribution in [1.29, 1.82) is 0 Å². The van der Waals surface area contributed by atoms with Crippen molar-refractivity contribution in [3.63, 3.8) is 0 Å². The monoisotopic (exact) mass is 1080 g/mol. The normalized spacial score (nSPS) is 11.3. The van der Waals surface area contributed by atoms with Crippen LogP contribution in [0, 0.1) is 0 Å². The van der Waals surface area contributed by atoms with Crippen LogP contribution in [0.25, 0.3) is 111 Å². The minimum atomic E-state index is 0.666. The number of aromatic nitrogens is 4. The molecule has 0 spiro atoms. The first-order valence-corrected chi connectivity index (χ1v) is 28.0. The third-order valence-electron chi connectivity index (χ3n) is 15.3. The van der Waals surface area contributed by atoms with Crippen LogP contribution in [0.15, 0.2) is 312 Å². The number of benzene rings is 12. The number of para-hydroxylation sites is 6. The van der Waals surface area contributed by atoms with Gasteiger partial charge in [0.1, 0.15) is 22.3 Å². The average Bonchev–Trinajstić information content (AvgIpc) is 2.57. The molecular weight excluding hydrogens is 1030 g/mol. The minimum absolute atomic E-state index is 0.666.